The highest BCUT2D eigenvalue weighted by Crippen LogP contribution is 2.57. The minimum Gasteiger partial charge on any atom is -0.502 e. The Bertz CT molecular complexity index is 2420. The predicted molar refractivity (Wildman–Crippen MR) is 210 cm³/mol. The van der Waals surface area contributed by atoms with Crippen LogP contribution in [0.1, 0.15) is 39.9 Å². The second-order valence-electron chi connectivity index (χ2n) is 14.6. The summed E-state index contributed by atoms with van der Waals surface area (Å²) in [7, 11) is 2.84. The number of thioether (sulfide) groups is 1. The number of thiophene rings is 1. The average molecular weight is 882 g/mol. The number of carbonyl (C=O) groups excluding carboxylic acids is 2. The number of aliphatic hydroxyl groups excluding tert-OH is 1. The van der Waals surface area contributed by atoms with Crippen LogP contribution in [0.3, 0.4) is 0 Å². The number of fused-ring (bicyclic) bond motifs is 5. The molecule has 4 aliphatic heterocycles. The SMILES string of the molecule is COc1cc([C@@H]2c3cc4c(cc3[C@@H](O[C@@H]3O[C@@H]5CO[C@@H](c6cccs6)O[C@H]5[C@H](OC(=O)CSc5nc6cc(F)ccc6s5)[C@H]3O)[C@H]3COC(=O)[C@H]23)OCO4)cc(OC)c1O. The van der Waals surface area contributed by atoms with Gasteiger partial charge >= 0.3 is 11.9 Å². The quantitative estimate of drug-likeness (QED) is 0.126. The van der Waals surface area contributed by atoms with Crippen molar-refractivity contribution in [3.05, 3.63) is 87.4 Å². The molecule has 10 atom stereocenters. The zero-order valence-corrected chi connectivity index (χ0v) is 34.2. The van der Waals surface area contributed by atoms with Gasteiger partial charge in [0.15, 0.2) is 46.0 Å². The van der Waals surface area contributed by atoms with E-state index in [-0.39, 0.29) is 43.0 Å². The monoisotopic (exact) mass is 881 g/mol. The fraction of sp³-hybridized carbons (Fsp3) is 0.390. The topological polar surface area (TPSA) is 180 Å². The third-order valence-corrected chi connectivity index (χ3v) is 14.3. The van der Waals surface area contributed by atoms with Gasteiger partial charge in [0.2, 0.25) is 12.5 Å². The number of methoxy groups -OCH3 is 2. The molecule has 0 saturated carbocycles. The Kier molecular flexibility index (Phi) is 10.5. The molecule has 19 heteroatoms. The lowest BCUT2D eigenvalue weighted by Gasteiger charge is -2.48. The first kappa shape index (κ1) is 39.4. The molecule has 2 N–H and O–H groups in total. The maximum atomic E-state index is 13.8. The zero-order chi connectivity index (χ0) is 41.2. The van der Waals surface area contributed by atoms with E-state index < -0.39 is 78.6 Å². The van der Waals surface area contributed by atoms with Crippen molar-refractivity contribution in [1.29, 1.82) is 0 Å². The molecule has 2 aromatic heterocycles. The Balaban J connectivity index is 0.972. The highest BCUT2D eigenvalue weighted by molar-refractivity contribution is 8.01. The summed E-state index contributed by atoms with van der Waals surface area (Å²) in [5.41, 5.74) is 2.34. The summed E-state index contributed by atoms with van der Waals surface area (Å²) in [4.78, 5) is 32.6. The number of esters is 2. The average Bonchev–Trinajstić information content (AvgIpc) is 4.09. The van der Waals surface area contributed by atoms with Gasteiger partial charge in [-0.15, -0.1) is 22.7 Å². The van der Waals surface area contributed by atoms with E-state index in [1.165, 1.54) is 49.0 Å². The number of phenolic OH excluding ortho intramolecular Hbond substituents is 1. The molecule has 3 aromatic carbocycles. The van der Waals surface area contributed by atoms with E-state index in [1.54, 1.807) is 30.3 Å². The van der Waals surface area contributed by atoms with E-state index >= 15 is 0 Å². The molecule has 5 aromatic rings. The molecule has 0 radical (unpaired) electrons. The molecular weight excluding hydrogens is 846 g/mol. The van der Waals surface area contributed by atoms with Gasteiger partial charge in [0.05, 0.1) is 60.3 Å². The molecule has 15 nitrogen and oxygen atoms in total. The van der Waals surface area contributed by atoms with E-state index in [2.05, 4.69) is 4.98 Å². The molecule has 5 aliphatic rings. The van der Waals surface area contributed by atoms with E-state index in [1.807, 2.05) is 17.5 Å². The smallest absolute Gasteiger partial charge is 0.316 e. The maximum Gasteiger partial charge on any atom is 0.316 e. The number of nitrogens with zero attached hydrogens (tertiary/aromatic N) is 1. The number of aromatic hydroxyl groups is 1. The van der Waals surface area contributed by atoms with Crippen molar-refractivity contribution >= 4 is 56.6 Å². The minimum absolute atomic E-state index is 0.0189. The summed E-state index contributed by atoms with van der Waals surface area (Å²) >= 11 is 3.87. The van der Waals surface area contributed by atoms with Crippen molar-refractivity contribution in [2.24, 2.45) is 11.8 Å². The largest absolute Gasteiger partial charge is 0.502 e. The number of rotatable bonds is 10. The fourth-order valence-electron chi connectivity index (χ4n) is 8.55. The fourth-order valence-corrected chi connectivity index (χ4v) is 11.1. The van der Waals surface area contributed by atoms with Gasteiger partial charge in [-0.2, -0.15) is 0 Å². The maximum absolute atomic E-state index is 13.8. The van der Waals surface area contributed by atoms with Crippen LogP contribution >= 0.6 is 34.4 Å². The molecule has 1 aliphatic carbocycles. The number of aromatic nitrogens is 1. The number of phenols is 1. The van der Waals surface area contributed by atoms with Crippen LogP contribution in [0, 0.1) is 17.7 Å². The van der Waals surface area contributed by atoms with Crippen LogP contribution < -0.4 is 18.9 Å². The van der Waals surface area contributed by atoms with E-state index in [0.717, 1.165) is 21.3 Å². The normalized spacial score (nSPS) is 29.0. The number of thiazole rings is 1. The highest BCUT2D eigenvalue weighted by atomic mass is 32.2. The Morgan fingerprint density at radius 1 is 1.00 bits per heavy atom. The zero-order valence-electron chi connectivity index (χ0n) is 31.7. The first-order valence-electron chi connectivity index (χ1n) is 18.9. The van der Waals surface area contributed by atoms with Crippen molar-refractivity contribution in [3.63, 3.8) is 0 Å². The van der Waals surface area contributed by atoms with Gasteiger partial charge in [0.1, 0.15) is 24.1 Å². The van der Waals surface area contributed by atoms with Crippen LogP contribution in [0.5, 0.6) is 28.7 Å². The van der Waals surface area contributed by atoms with E-state index in [4.69, 9.17) is 47.4 Å². The summed E-state index contributed by atoms with van der Waals surface area (Å²) in [6.45, 7) is -0.0272. The number of hydrogen-bond acceptors (Lipinski definition) is 18. The van der Waals surface area contributed by atoms with Crippen molar-refractivity contribution < 1.29 is 71.6 Å². The molecule has 10 rings (SSSR count). The summed E-state index contributed by atoms with van der Waals surface area (Å²) in [6, 6.07) is 14.9. The lowest BCUT2D eigenvalue weighted by Crippen LogP contribution is -2.63. The van der Waals surface area contributed by atoms with Crippen LogP contribution in [0.15, 0.2) is 64.3 Å². The van der Waals surface area contributed by atoms with Crippen LogP contribution in [0.25, 0.3) is 10.2 Å². The van der Waals surface area contributed by atoms with Crippen molar-refractivity contribution in [2.75, 3.05) is 40.0 Å². The van der Waals surface area contributed by atoms with Crippen molar-refractivity contribution in [3.8, 4) is 28.7 Å². The first-order chi connectivity index (χ1) is 29.2. The predicted octanol–water partition coefficient (Wildman–Crippen LogP) is 5.84. The Hall–Kier alpha value is -4.73. The second kappa shape index (κ2) is 15.9. The van der Waals surface area contributed by atoms with Crippen LogP contribution in [-0.2, 0) is 38.0 Å². The van der Waals surface area contributed by atoms with Crippen LogP contribution in [-0.4, -0.2) is 97.8 Å². The van der Waals surface area contributed by atoms with Crippen LogP contribution in [0.4, 0.5) is 4.39 Å². The van der Waals surface area contributed by atoms with Gasteiger partial charge in [-0.25, -0.2) is 9.37 Å². The Morgan fingerprint density at radius 3 is 2.53 bits per heavy atom. The minimum atomic E-state index is -1.58. The summed E-state index contributed by atoms with van der Waals surface area (Å²) < 4.78 is 75.1. The van der Waals surface area contributed by atoms with Gasteiger partial charge < -0.3 is 57.6 Å². The number of aliphatic hydroxyl groups is 1. The Labute approximate surface area is 353 Å². The lowest BCUT2D eigenvalue weighted by atomic mass is 9.66. The summed E-state index contributed by atoms with van der Waals surface area (Å²) in [5, 5.41) is 24.8. The van der Waals surface area contributed by atoms with Gasteiger partial charge in [-0.05, 0) is 64.5 Å². The van der Waals surface area contributed by atoms with Gasteiger partial charge in [-0.1, -0.05) is 17.8 Å². The number of carbonyl (C=O) groups is 2. The number of benzene rings is 3. The van der Waals surface area contributed by atoms with Crippen molar-refractivity contribution in [1.82, 2.24) is 4.98 Å². The number of cyclic esters (lactones) is 1. The molecule has 0 amide bonds. The molecule has 3 saturated heterocycles. The van der Waals surface area contributed by atoms with Gasteiger partial charge in [0, 0.05) is 17.9 Å². The van der Waals surface area contributed by atoms with Gasteiger partial charge in [-0.3, -0.25) is 9.59 Å². The van der Waals surface area contributed by atoms with Gasteiger partial charge in [0.25, 0.3) is 0 Å². The van der Waals surface area contributed by atoms with Crippen LogP contribution in [0.2, 0.25) is 0 Å². The molecule has 6 heterocycles. The standard InChI is InChI=1S/C41H36FNO14S3/c1-48-25-8-17(9-26(49-2)33(25)45)31-19-11-23-24(53-16-52-23)12-20(19)35(21-13-50-38(47)32(21)31)56-40-34(46)37(36-27(54-40)14-51-39(57-36)29-4-3-7-58-29)55-30(44)15-59-41-43-22-10-18(42)5-6-28(22)60-41/h3-12,21,27,31-32,34-37,39-40,45-46H,13-16H2,1-2H3/t21-,27+,31+,32-,34+,35+,36+,37+,39+,40-/m0/s1. The summed E-state index contributed by atoms with van der Waals surface area (Å²) in [5.74, 6) is -2.78. The number of hydrogen-bond donors (Lipinski definition) is 2. The van der Waals surface area contributed by atoms with E-state index in [0.29, 0.717) is 38.0 Å². The molecule has 0 unspecified atom stereocenters. The first-order valence-corrected chi connectivity index (χ1v) is 21.6. The summed E-state index contributed by atoms with van der Waals surface area (Å²) in [6.07, 6.45) is -7.79. The number of halogens is 1. The third-order valence-electron chi connectivity index (χ3n) is 11.3. The Morgan fingerprint density at radius 2 is 1.78 bits per heavy atom. The molecule has 0 bridgehead atoms. The molecule has 314 valence electrons. The van der Waals surface area contributed by atoms with Crippen molar-refractivity contribution in [2.45, 2.75) is 53.4 Å². The van der Waals surface area contributed by atoms with E-state index in [9.17, 15) is 24.2 Å². The lowest BCUT2D eigenvalue weighted by molar-refractivity contribution is -0.369. The number of ether oxygens (including phenoxy) is 10. The third kappa shape index (κ3) is 6.99. The molecule has 0 spiro atoms. The second-order valence-corrected chi connectivity index (χ2v) is 17.8. The molecular formula is C41H36FNO14S3. The molecule has 3 fully saturated rings. The molecule has 60 heavy (non-hydrogen) atoms. The highest BCUT2D eigenvalue weighted by Gasteiger charge is 2.57.